The Labute approximate surface area is 111 Å². The predicted molar refractivity (Wildman–Crippen MR) is 72.2 cm³/mol. The zero-order valence-electron chi connectivity index (χ0n) is 10.5. The van der Waals surface area contributed by atoms with Gasteiger partial charge in [-0.2, -0.15) is 0 Å². The Morgan fingerprint density at radius 1 is 1.44 bits per heavy atom. The fourth-order valence-corrected chi connectivity index (χ4v) is 1.42. The van der Waals surface area contributed by atoms with Gasteiger partial charge in [0.25, 0.3) is 0 Å². The van der Waals surface area contributed by atoms with E-state index in [4.69, 9.17) is 22.7 Å². The summed E-state index contributed by atoms with van der Waals surface area (Å²) in [6.07, 6.45) is 2.94. The first-order chi connectivity index (χ1) is 8.45. The number of esters is 1. The van der Waals surface area contributed by atoms with E-state index in [2.05, 4.69) is 15.3 Å². The van der Waals surface area contributed by atoms with Gasteiger partial charge in [0.15, 0.2) is 0 Å². The van der Waals surface area contributed by atoms with Gasteiger partial charge in [0, 0.05) is 0 Å². The third-order valence-electron chi connectivity index (χ3n) is 2.33. The number of ether oxygens (including phenoxy) is 1. The number of nitrogens with two attached hydrogens (primary N) is 1. The van der Waals surface area contributed by atoms with Crippen LogP contribution in [0.4, 0.5) is 5.82 Å². The van der Waals surface area contributed by atoms with E-state index >= 15 is 0 Å². The second-order valence-corrected chi connectivity index (χ2v) is 4.48. The standard InChI is InChI=1S/C11H16N4O2S/c1-6(2)9(11(16)17-3)15-8-5-13-7(4-14-8)10(12)18/h4-6,9H,1-3H3,(H2,12,18)(H,14,15). The number of anilines is 1. The molecule has 1 heterocycles. The molecule has 1 aromatic rings. The lowest BCUT2D eigenvalue weighted by atomic mass is 10.1. The Kier molecular flexibility index (Phi) is 4.96. The van der Waals surface area contributed by atoms with E-state index in [9.17, 15) is 4.79 Å². The number of nitrogens with zero attached hydrogens (tertiary/aromatic N) is 2. The van der Waals surface area contributed by atoms with Crippen molar-refractivity contribution in [1.82, 2.24) is 9.97 Å². The number of carbonyl (C=O) groups excluding carboxylic acids is 1. The summed E-state index contributed by atoms with van der Waals surface area (Å²) in [6, 6.07) is -0.472. The first-order valence-corrected chi connectivity index (χ1v) is 5.82. The van der Waals surface area contributed by atoms with Gasteiger partial charge in [0.1, 0.15) is 22.5 Å². The molecule has 0 amide bonds. The van der Waals surface area contributed by atoms with Gasteiger partial charge in [-0.3, -0.25) is 0 Å². The van der Waals surface area contributed by atoms with Gasteiger partial charge < -0.3 is 15.8 Å². The van der Waals surface area contributed by atoms with Crippen LogP contribution in [0.1, 0.15) is 19.5 Å². The highest BCUT2D eigenvalue weighted by Crippen LogP contribution is 2.11. The van der Waals surface area contributed by atoms with E-state index in [0.717, 1.165) is 0 Å². The molecular weight excluding hydrogens is 252 g/mol. The first-order valence-electron chi connectivity index (χ1n) is 5.42. The molecule has 0 aliphatic heterocycles. The molecule has 0 spiro atoms. The van der Waals surface area contributed by atoms with Crippen LogP contribution < -0.4 is 11.1 Å². The number of aromatic nitrogens is 2. The largest absolute Gasteiger partial charge is 0.467 e. The lowest BCUT2D eigenvalue weighted by Crippen LogP contribution is -2.35. The smallest absolute Gasteiger partial charge is 0.328 e. The quantitative estimate of drug-likeness (QED) is 0.600. The zero-order valence-corrected chi connectivity index (χ0v) is 11.3. The van der Waals surface area contributed by atoms with Crippen LogP contribution >= 0.6 is 12.2 Å². The Bertz CT molecular complexity index is 433. The van der Waals surface area contributed by atoms with E-state index in [1.807, 2.05) is 13.8 Å². The van der Waals surface area contributed by atoms with E-state index in [1.54, 1.807) is 0 Å². The molecule has 0 aromatic carbocycles. The van der Waals surface area contributed by atoms with Gasteiger partial charge in [0.05, 0.1) is 19.5 Å². The minimum Gasteiger partial charge on any atom is -0.467 e. The van der Waals surface area contributed by atoms with Crippen molar-refractivity contribution in [3.05, 3.63) is 18.1 Å². The molecule has 18 heavy (non-hydrogen) atoms. The monoisotopic (exact) mass is 268 g/mol. The van der Waals surface area contributed by atoms with Gasteiger partial charge in [-0.15, -0.1) is 0 Å². The zero-order chi connectivity index (χ0) is 13.7. The van der Waals surface area contributed by atoms with E-state index in [1.165, 1.54) is 19.5 Å². The molecule has 1 atom stereocenters. The summed E-state index contributed by atoms with van der Waals surface area (Å²) in [4.78, 5) is 19.9. The molecule has 1 aromatic heterocycles. The van der Waals surface area contributed by atoms with Crippen molar-refractivity contribution in [2.24, 2.45) is 11.7 Å². The van der Waals surface area contributed by atoms with Crippen LogP contribution in [0, 0.1) is 5.92 Å². The third-order valence-corrected chi connectivity index (χ3v) is 2.54. The highest BCUT2D eigenvalue weighted by Gasteiger charge is 2.23. The fourth-order valence-electron chi connectivity index (χ4n) is 1.31. The Morgan fingerprint density at radius 3 is 2.50 bits per heavy atom. The van der Waals surface area contributed by atoms with Crippen LogP contribution in [0.25, 0.3) is 0 Å². The summed E-state index contributed by atoms with van der Waals surface area (Å²) in [5.41, 5.74) is 5.86. The number of rotatable bonds is 5. The maximum Gasteiger partial charge on any atom is 0.328 e. The summed E-state index contributed by atoms with van der Waals surface area (Å²) in [5.74, 6) is 0.193. The number of thiocarbonyl (C=S) groups is 1. The predicted octanol–water partition coefficient (Wildman–Crippen LogP) is 0.720. The highest BCUT2D eigenvalue weighted by atomic mass is 32.1. The third kappa shape index (κ3) is 3.63. The molecule has 98 valence electrons. The fraction of sp³-hybridized carbons (Fsp3) is 0.455. The lowest BCUT2D eigenvalue weighted by Gasteiger charge is -2.20. The molecule has 1 rings (SSSR count). The minimum absolute atomic E-state index is 0.0644. The maximum absolute atomic E-state index is 11.6. The van der Waals surface area contributed by atoms with Crippen molar-refractivity contribution in [2.45, 2.75) is 19.9 Å². The number of nitrogens with one attached hydrogen (secondary N) is 1. The molecule has 0 aliphatic carbocycles. The number of hydrogen-bond donors (Lipinski definition) is 2. The molecule has 0 bridgehead atoms. The number of carbonyl (C=O) groups is 1. The van der Waals surface area contributed by atoms with E-state index in [-0.39, 0.29) is 16.9 Å². The maximum atomic E-state index is 11.6. The molecule has 0 saturated carbocycles. The molecule has 3 N–H and O–H groups in total. The molecule has 0 saturated heterocycles. The minimum atomic E-state index is -0.472. The summed E-state index contributed by atoms with van der Waals surface area (Å²) in [5, 5.41) is 2.96. The van der Waals surface area contributed by atoms with Crippen LogP contribution in [0.5, 0.6) is 0 Å². The summed E-state index contributed by atoms with van der Waals surface area (Å²) in [7, 11) is 1.35. The highest BCUT2D eigenvalue weighted by molar-refractivity contribution is 7.80. The lowest BCUT2D eigenvalue weighted by molar-refractivity contribution is -0.142. The van der Waals surface area contributed by atoms with Crippen molar-refractivity contribution in [3.8, 4) is 0 Å². The molecule has 0 fully saturated rings. The second kappa shape index (κ2) is 6.25. The summed E-state index contributed by atoms with van der Waals surface area (Å²) < 4.78 is 4.72. The van der Waals surface area contributed by atoms with Crippen LogP contribution in [0.15, 0.2) is 12.4 Å². The average Bonchev–Trinajstić information content (AvgIpc) is 2.35. The van der Waals surface area contributed by atoms with Crippen molar-refractivity contribution in [1.29, 1.82) is 0 Å². The Morgan fingerprint density at radius 2 is 2.11 bits per heavy atom. The molecule has 6 nitrogen and oxygen atoms in total. The van der Waals surface area contributed by atoms with Gasteiger partial charge >= 0.3 is 5.97 Å². The van der Waals surface area contributed by atoms with Crippen molar-refractivity contribution < 1.29 is 9.53 Å². The first kappa shape index (κ1) is 14.3. The van der Waals surface area contributed by atoms with Crippen LogP contribution in [-0.2, 0) is 9.53 Å². The van der Waals surface area contributed by atoms with Gasteiger partial charge in [-0.05, 0) is 5.92 Å². The SMILES string of the molecule is COC(=O)C(Nc1cnc(C(N)=S)cn1)C(C)C. The van der Waals surface area contributed by atoms with Crippen LogP contribution in [0.2, 0.25) is 0 Å². The van der Waals surface area contributed by atoms with Crippen LogP contribution in [-0.4, -0.2) is 34.1 Å². The Hall–Kier alpha value is -1.76. The molecule has 0 aliphatic rings. The second-order valence-electron chi connectivity index (χ2n) is 4.04. The summed E-state index contributed by atoms with van der Waals surface area (Å²) >= 11 is 4.78. The Balaban J connectivity index is 2.81. The van der Waals surface area contributed by atoms with Gasteiger partial charge in [0.2, 0.25) is 0 Å². The topological polar surface area (TPSA) is 90.1 Å². The van der Waals surface area contributed by atoms with Crippen LogP contribution in [0.3, 0.4) is 0 Å². The number of hydrogen-bond acceptors (Lipinski definition) is 6. The summed E-state index contributed by atoms with van der Waals surface area (Å²) in [6.45, 7) is 3.82. The average molecular weight is 268 g/mol. The van der Waals surface area contributed by atoms with Gasteiger partial charge in [-0.1, -0.05) is 26.1 Å². The van der Waals surface area contributed by atoms with Crippen molar-refractivity contribution in [2.75, 3.05) is 12.4 Å². The molecule has 0 radical (unpaired) electrons. The molecule has 1 unspecified atom stereocenters. The normalized spacial score (nSPS) is 12.0. The van der Waals surface area contributed by atoms with E-state index in [0.29, 0.717) is 11.5 Å². The van der Waals surface area contributed by atoms with E-state index < -0.39 is 6.04 Å². The van der Waals surface area contributed by atoms with Crippen molar-refractivity contribution >= 4 is 29.0 Å². The molecular formula is C11H16N4O2S. The number of methoxy groups -OCH3 is 1. The van der Waals surface area contributed by atoms with Crippen molar-refractivity contribution in [3.63, 3.8) is 0 Å². The molecule has 7 heteroatoms. The van der Waals surface area contributed by atoms with Gasteiger partial charge in [-0.25, -0.2) is 14.8 Å².